The Kier molecular flexibility index (Phi) is 5.01. The number of hydrogen-bond donors (Lipinski definition) is 1. The molecule has 1 aliphatic heterocycles. The molecule has 1 fully saturated rings. The highest BCUT2D eigenvalue weighted by atomic mass is 32.2. The van der Waals surface area contributed by atoms with Crippen LogP contribution in [0.25, 0.3) is 0 Å². The monoisotopic (exact) mass is 306 g/mol. The topological polar surface area (TPSA) is 66.5 Å². The number of rotatable bonds is 4. The second kappa shape index (κ2) is 6.76. The summed E-state index contributed by atoms with van der Waals surface area (Å²) in [6, 6.07) is 7.55. The minimum absolute atomic E-state index is 0.0448. The number of aryl methyl sites for hydroxylation is 1. The first-order chi connectivity index (χ1) is 9.97. The SMILES string of the molecule is Cc1ccc(CSCC(=O)N2CC(=O)NC(=O)C2C)cc1. The van der Waals surface area contributed by atoms with Gasteiger partial charge in [-0.05, 0) is 19.4 Å². The highest BCUT2D eigenvalue weighted by Gasteiger charge is 2.33. The number of carbonyl (C=O) groups is 3. The molecule has 1 aromatic carbocycles. The van der Waals surface area contributed by atoms with E-state index in [-0.39, 0.29) is 18.2 Å². The van der Waals surface area contributed by atoms with Gasteiger partial charge in [0.25, 0.3) is 0 Å². The summed E-state index contributed by atoms with van der Waals surface area (Å²) in [6.45, 7) is 3.61. The minimum Gasteiger partial charge on any atom is -0.321 e. The van der Waals surface area contributed by atoms with Gasteiger partial charge >= 0.3 is 0 Å². The first kappa shape index (κ1) is 15.6. The summed E-state index contributed by atoms with van der Waals surface area (Å²) in [5.41, 5.74) is 2.35. The maximum Gasteiger partial charge on any atom is 0.249 e. The zero-order valence-corrected chi connectivity index (χ0v) is 12.9. The summed E-state index contributed by atoms with van der Waals surface area (Å²) in [6.07, 6.45) is 0. The molecule has 21 heavy (non-hydrogen) atoms. The van der Waals surface area contributed by atoms with E-state index in [1.54, 1.807) is 6.92 Å². The fourth-order valence-electron chi connectivity index (χ4n) is 2.04. The molecule has 5 nitrogen and oxygen atoms in total. The fourth-order valence-corrected chi connectivity index (χ4v) is 2.91. The van der Waals surface area contributed by atoms with Crippen LogP contribution in [0.15, 0.2) is 24.3 Å². The summed E-state index contributed by atoms with van der Waals surface area (Å²) in [4.78, 5) is 36.3. The summed E-state index contributed by atoms with van der Waals surface area (Å²) >= 11 is 1.48. The maximum absolute atomic E-state index is 12.1. The van der Waals surface area contributed by atoms with Gasteiger partial charge in [-0.25, -0.2) is 0 Å². The third kappa shape index (κ3) is 4.07. The van der Waals surface area contributed by atoms with Crippen LogP contribution in [0.2, 0.25) is 0 Å². The highest BCUT2D eigenvalue weighted by Crippen LogP contribution is 2.15. The molecule has 0 aliphatic carbocycles. The van der Waals surface area contributed by atoms with Crippen LogP contribution in [0.4, 0.5) is 0 Å². The molecule has 1 heterocycles. The normalized spacial score (nSPS) is 18.6. The molecule has 2 rings (SSSR count). The molecule has 112 valence electrons. The van der Waals surface area contributed by atoms with Gasteiger partial charge in [0.1, 0.15) is 12.6 Å². The van der Waals surface area contributed by atoms with Crippen LogP contribution in [-0.4, -0.2) is 41.0 Å². The van der Waals surface area contributed by atoms with E-state index in [4.69, 9.17) is 0 Å². The van der Waals surface area contributed by atoms with Crippen molar-refractivity contribution in [3.8, 4) is 0 Å². The molecule has 6 heteroatoms. The Morgan fingerprint density at radius 1 is 1.33 bits per heavy atom. The van der Waals surface area contributed by atoms with Crippen molar-refractivity contribution in [1.82, 2.24) is 10.2 Å². The average Bonchev–Trinajstić information content (AvgIpc) is 2.44. The Balaban J connectivity index is 1.85. The first-order valence-corrected chi connectivity index (χ1v) is 7.89. The van der Waals surface area contributed by atoms with Gasteiger partial charge in [-0.3, -0.25) is 19.7 Å². The quantitative estimate of drug-likeness (QED) is 0.846. The first-order valence-electron chi connectivity index (χ1n) is 6.74. The molecule has 1 atom stereocenters. The number of hydrogen-bond acceptors (Lipinski definition) is 4. The van der Waals surface area contributed by atoms with Crippen LogP contribution in [0.5, 0.6) is 0 Å². The van der Waals surface area contributed by atoms with Crippen LogP contribution >= 0.6 is 11.8 Å². The van der Waals surface area contributed by atoms with E-state index >= 15 is 0 Å². The predicted octanol–water partition coefficient (Wildman–Crippen LogP) is 1.10. The van der Waals surface area contributed by atoms with Crippen molar-refractivity contribution >= 4 is 29.5 Å². The Hall–Kier alpha value is -1.82. The smallest absolute Gasteiger partial charge is 0.249 e. The number of imide groups is 1. The Morgan fingerprint density at radius 2 is 2.00 bits per heavy atom. The molecule has 1 saturated heterocycles. The molecule has 0 spiro atoms. The second-order valence-corrected chi connectivity index (χ2v) is 6.07. The van der Waals surface area contributed by atoms with Crippen molar-refractivity contribution in [1.29, 1.82) is 0 Å². The lowest BCUT2D eigenvalue weighted by Crippen LogP contribution is -2.59. The van der Waals surface area contributed by atoms with E-state index in [1.165, 1.54) is 22.2 Å². The van der Waals surface area contributed by atoms with Crippen LogP contribution < -0.4 is 5.32 Å². The average molecular weight is 306 g/mol. The van der Waals surface area contributed by atoms with Gasteiger partial charge in [0.05, 0.1) is 5.75 Å². The van der Waals surface area contributed by atoms with E-state index in [1.807, 2.05) is 31.2 Å². The number of thioether (sulfide) groups is 1. The predicted molar refractivity (Wildman–Crippen MR) is 81.7 cm³/mol. The van der Waals surface area contributed by atoms with Crippen molar-refractivity contribution < 1.29 is 14.4 Å². The number of nitrogens with zero attached hydrogens (tertiary/aromatic N) is 1. The van der Waals surface area contributed by atoms with Gasteiger partial charge in [0.15, 0.2) is 0 Å². The largest absolute Gasteiger partial charge is 0.321 e. The van der Waals surface area contributed by atoms with Gasteiger partial charge in [0, 0.05) is 5.75 Å². The third-order valence-electron chi connectivity index (χ3n) is 3.36. The molecular formula is C15H18N2O3S. The van der Waals surface area contributed by atoms with E-state index < -0.39 is 17.9 Å². The number of benzene rings is 1. The summed E-state index contributed by atoms with van der Waals surface area (Å²) in [5, 5.41) is 2.22. The zero-order valence-electron chi connectivity index (χ0n) is 12.1. The Labute approximate surface area is 128 Å². The lowest BCUT2D eigenvalue weighted by atomic mass is 10.2. The molecule has 0 aromatic heterocycles. The Bertz CT molecular complexity index is 557. The van der Waals surface area contributed by atoms with Crippen molar-refractivity contribution in [2.75, 3.05) is 12.3 Å². The van der Waals surface area contributed by atoms with Crippen molar-refractivity contribution in [3.05, 3.63) is 35.4 Å². The highest BCUT2D eigenvalue weighted by molar-refractivity contribution is 7.99. The molecule has 1 N–H and O–H groups in total. The summed E-state index contributed by atoms with van der Waals surface area (Å²) in [5.74, 6) is -0.0198. The molecular weight excluding hydrogens is 288 g/mol. The molecule has 1 unspecified atom stereocenters. The van der Waals surface area contributed by atoms with Crippen molar-refractivity contribution in [2.24, 2.45) is 0 Å². The Morgan fingerprint density at radius 3 is 2.67 bits per heavy atom. The van der Waals surface area contributed by atoms with Crippen molar-refractivity contribution in [2.45, 2.75) is 25.6 Å². The molecule has 1 aliphatic rings. The number of piperazine rings is 1. The molecule has 0 saturated carbocycles. The van der Waals surface area contributed by atoms with E-state index in [0.29, 0.717) is 0 Å². The van der Waals surface area contributed by atoms with E-state index in [9.17, 15) is 14.4 Å². The number of carbonyl (C=O) groups excluding carboxylic acids is 3. The van der Waals surface area contributed by atoms with Gasteiger partial charge in [-0.15, -0.1) is 11.8 Å². The fraction of sp³-hybridized carbons (Fsp3) is 0.400. The second-order valence-electron chi connectivity index (χ2n) is 5.09. The van der Waals surface area contributed by atoms with Gasteiger partial charge in [-0.2, -0.15) is 0 Å². The van der Waals surface area contributed by atoms with Crippen LogP contribution in [0.1, 0.15) is 18.1 Å². The number of amides is 3. The zero-order chi connectivity index (χ0) is 15.4. The summed E-state index contributed by atoms with van der Waals surface area (Å²) < 4.78 is 0. The molecule has 0 bridgehead atoms. The standard InChI is InChI=1S/C15H18N2O3S/c1-10-3-5-12(6-4-10)8-21-9-14(19)17-7-13(18)16-15(20)11(17)2/h3-6,11H,7-9H2,1-2H3,(H,16,18,20). The van der Waals surface area contributed by atoms with Gasteiger partial charge in [-0.1, -0.05) is 29.8 Å². The maximum atomic E-state index is 12.1. The number of nitrogens with one attached hydrogen (secondary N) is 1. The lowest BCUT2D eigenvalue weighted by Gasteiger charge is -2.31. The van der Waals surface area contributed by atoms with Crippen molar-refractivity contribution in [3.63, 3.8) is 0 Å². The van der Waals surface area contributed by atoms with Crippen LogP contribution in [-0.2, 0) is 20.1 Å². The van der Waals surface area contributed by atoms with E-state index in [0.717, 1.165) is 11.3 Å². The molecule has 3 amide bonds. The van der Waals surface area contributed by atoms with Gasteiger partial charge < -0.3 is 4.90 Å². The molecule has 0 radical (unpaired) electrons. The van der Waals surface area contributed by atoms with Crippen LogP contribution in [0.3, 0.4) is 0 Å². The molecule has 1 aromatic rings. The third-order valence-corrected chi connectivity index (χ3v) is 4.35. The summed E-state index contributed by atoms with van der Waals surface area (Å²) in [7, 11) is 0. The van der Waals surface area contributed by atoms with E-state index in [2.05, 4.69) is 5.32 Å². The van der Waals surface area contributed by atoms with Gasteiger partial charge in [0.2, 0.25) is 17.7 Å². The lowest BCUT2D eigenvalue weighted by molar-refractivity contribution is -0.148. The van der Waals surface area contributed by atoms with Crippen LogP contribution in [0, 0.1) is 6.92 Å². The minimum atomic E-state index is -0.588.